The Morgan fingerprint density at radius 3 is 1.56 bits per heavy atom. The van der Waals surface area contributed by atoms with Gasteiger partial charge in [0, 0.05) is 6.42 Å². The van der Waals surface area contributed by atoms with Crippen LogP contribution in [0.15, 0.2) is 36.5 Å². The van der Waals surface area contributed by atoms with E-state index in [2.05, 4.69) is 43.5 Å². The Morgan fingerprint density at radius 2 is 1.05 bits per heavy atom. The van der Waals surface area contributed by atoms with Crippen LogP contribution in [0.1, 0.15) is 194 Å². The summed E-state index contributed by atoms with van der Waals surface area (Å²) in [6.07, 6.45) is 37.5. The van der Waals surface area contributed by atoms with Crippen LogP contribution >= 0.6 is 0 Å². The Kier molecular flexibility index (Phi) is 34.3. The molecule has 1 heterocycles. The SMILES string of the molecule is CCCCC/C=C\C=C/CCCCCCCCC(=O)NC(COC1OC(CO)C(O)C(O)C1O)C(O)/C=C/CCCCCCCCCCCCCCCCC. The molecule has 55 heavy (non-hydrogen) atoms. The third-order valence-corrected chi connectivity index (χ3v) is 10.7. The molecule has 1 amide bonds. The van der Waals surface area contributed by atoms with E-state index in [1.54, 1.807) is 6.08 Å². The molecule has 1 saturated heterocycles. The maximum Gasteiger partial charge on any atom is 0.220 e. The molecule has 1 aliphatic heterocycles. The van der Waals surface area contributed by atoms with Crippen LogP contribution in [-0.4, -0.2) is 87.5 Å². The molecule has 9 heteroatoms. The monoisotopic (exact) mass is 780 g/mol. The Hall–Kier alpha value is -1.59. The predicted octanol–water partition coefficient (Wildman–Crippen LogP) is 9.28. The Balaban J connectivity index is 2.38. The highest BCUT2D eigenvalue weighted by molar-refractivity contribution is 5.76. The van der Waals surface area contributed by atoms with Gasteiger partial charge in [-0.05, 0) is 44.9 Å². The van der Waals surface area contributed by atoms with E-state index in [-0.39, 0.29) is 12.5 Å². The van der Waals surface area contributed by atoms with Crippen molar-refractivity contribution in [1.82, 2.24) is 5.32 Å². The van der Waals surface area contributed by atoms with Crippen LogP contribution in [0, 0.1) is 0 Å². The Labute approximate surface area is 336 Å². The first kappa shape index (κ1) is 51.4. The molecule has 6 N–H and O–H groups in total. The van der Waals surface area contributed by atoms with E-state index in [4.69, 9.17) is 9.47 Å². The van der Waals surface area contributed by atoms with E-state index < -0.39 is 49.5 Å². The maximum atomic E-state index is 12.9. The number of ether oxygens (including phenoxy) is 2. The van der Waals surface area contributed by atoms with Crippen LogP contribution < -0.4 is 5.32 Å². The number of carbonyl (C=O) groups excluding carboxylic acids is 1. The predicted molar refractivity (Wildman–Crippen MR) is 226 cm³/mol. The summed E-state index contributed by atoms with van der Waals surface area (Å²) in [5.41, 5.74) is 0. The maximum absolute atomic E-state index is 12.9. The van der Waals surface area contributed by atoms with Crippen molar-refractivity contribution in [3.8, 4) is 0 Å². The quantitative estimate of drug-likeness (QED) is 0.0208. The number of aliphatic hydroxyl groups excluding tert-OH is 5. The molecule has 0 bridgehead atoms. The van der Waals surface area contributed by atoms with E-state index in [1.807, 2.05) is 6.08 Å². The highest BCUT2D eigenvalue weighted by Crippen LogP contribution is 2.22. The van der Waals surface area contributed by atoms with Gasteiger partial charge >= 0.3 is 0 Å². The molecule has 1 fully saturated rings. The smallest absolute Gasteiger partial charge is 0.220 e. The van der Waals surface area contributed by atoms with Crippen LogP contribution in [0.4, 0.5) is 0 Å². The van der Waals surface area contributed by atoms with Gasteiger partial charge < -0.3 is 40.3 Å². The molecule has 7 atom stereocenters. The molecule has 322 valence electrons. The van der Waals surface area contributed by atoms with Crippen molar-refractivity contribution < 1.29 is 39.8 Å². The summed E-state index contributed by atoms with van der Waals surface area (Å²) < 4.78 is 11.2. The van der Waals surface area contributed by atoms with Crippen molar-refractivity contribution in [3.05, 3.63) is 36.5 Å². The molecule has 7 unspecified atom stereocenters. The minimum atomic E-state index is -1.57. The molecule has 1 rings (SSSR count). The third-order valence-electron chi connectivity index (χ3n) is 10.7. The first-order valence-electron chi connectivity index (χ1n) is 22.7. The lowest BCUT2D eigenvalue weighted by atomic mass is 9.99. The summed E-state index contributed by atoms with van der Waals surface area (Å²) in [7, 11) is 0. The van der Waals surface area contributed by atoms with Crippen molar-refractivity contribution in [3.63, 3.8) is 0 Å². The second-order valence-electron chi connectivity index (χ2n) is 15.9. The topological polar surface area (TPSA) is 149 Å². The van der Waals surface area contributed by atoms with Gasteiger partial charge in [0.15, 0.2) is 6.29 Å². The van der Waals surface area contributed by atoms with Gasteiger partial charge in [-0.1, -0.05) is 179 Å². The zero-order valence-electron chi connectivity index (χ0n) is 35.2. The average Bonchev–Trinajstić information content (AvgIpc) is 3.18. The standard InChI is InChI=1S/C46H85NO8/c1-3-5-7-9-11-13-15-17-19-20-22-23-25-27-29-31-33-35-40(49)39(38-54-46-45(53)44(52)43(51)41(37-48)55-46)47-42(50)36-34-32-30-28-26-24-21-18-16-14-12-10-8-6-4-2/h12,14,16,18,33,35,39-41,43-46,48-49,51-53H,3-11,13,15,17,19-32,34,36-38H2,1-2H3,(H,47,50)/b14-12-,18-16-,35-33+. The van der Waals surface area contributed by atoms with Gasteiger partial charge in [-0.2, -0.15) is 0 Å². The summed E-state index contributed by atoms with van der Waals surface area (Å²) in [6.45, 7) is 3.73. The highest BCUT2D eigenvalue weighted by atomic mass is 16.7. The van der Waals surface area contributed by atoms with Gasteiger partial charge in [-0.3, -0.25) is 4.79 Å². The number of rotatable bonds is 37. The van der Waals surface area contributed by atoms with Crippen molar-refractivity contribution in [1.29, 1.82) is 0 Å². The Bertz CT molecular complexity index is 956. The molecular formula is C46H85NO8. The first-order chi connectivity index (χ1) is 26.8. The van der Waals surface area contributed by atoms with Crippen molar-refractivity contribution in [2.45, 2.75) is 236 Å². The minimum Gasteiger partial charge on any atom is -0.394 e. The van der Waals surface area contributed by atoms with Crippen molar-refractivity contribution >= 4 is 5.91 Å². The molecule has 9 nitrogen and oxygen atoms in total. The Morgan fingerprint density at radius 1 is 0.618 bits per heavy atom. The van der Waals surface area contributed by atoms with Crippen LogP contribution in [0.5, 0.6) is 0 Å². The number of hydrogen-bond donors (Lipinski definition) is 6. The van der Waals surface area contributed by atoms with E-state index in [0.29, 0.717) is 6.42 Å². The summed E-state index contributed by atoms with van der Waals surface area (Å²) in [4.78, 5) is 12.9. The molecule has 0 aliphatic carbocycles. The molecule has 0 spiro atoms. The van der Waals surface area contributed by atoms with Crippen LogP contribution in [0.3, 0.4) is 0 Å². The van der Waals surface area contributed by atoms with Gasteiger partial charge in [0.1, 0.15) is 24.4 Å². The number of carbonyl (C=O) groups is 1. The van der Waals surface area contributed by atoms with Crippen LogP contribution in [0.2, 0.25) is 0 Å². The van der Waals surface area contributed by atoms with Gasteiger partial charge in [0.25, 0.3) is 0 Å². The molecule has 0 aromatic carbocycles. The largest absolute Gasteiger partial charge is 0.394 e. The zero-order chi connectivity index (χ0) is 40.2. The van der Waals surface area contributed by atoms with E-state index in [1.165, 1.54) is 116 Å². The molecule has 0 radical (unpaired) electrons. The summed E-state index contributed by atoms with van der Waals surface area (Å²) in [5, 5.41) is 54.2. The average molecular weight is 780 g/mol. The molecule has 0 aromatic heterocycles. The molecular weight excluding hydrogens is 695 g/mol. The van der Waals surface area contributed by atoms with Crippen molar-refractivity contribution in [2.24, 2.45) is 0 Å². The van der Waals surface area contributed by atoms with Crippen LogP contribution in [0.25, 0.3) is 0 Å². The lowest BCUT2D eigenvalue weighted by Gasteiger charge is -2.40. The fourth-order valence-corrected chi connectivity index (χ4v) is 7.03. The summed E-state index contributed by atoms with van der Waals surface area (Å²) in [5.74, 6) is -0.190. The lowest BCUT2D eigenvalue weighted by molar-refractivity contribution is -0.302. The van der Waals surface area contributed by atoms with Gasteiger partial charge in [-0.25, -0.2) is 0 Å². The van der Waals surface area contributed by atoms with Gasteiger partial charge in [0.2, 0.25) is 5.91 Å². The number of amides is 1. The normalized spacial score (nSPS) is 21.6. The lowest BCUT2D eigenvalue weighted by Crippen LogP contribution is -2.60. The number of unbranched alkanes of at least 4 members (excludes halogenated alkanes) is 24. The second-order valence-corrected chi connectivity index (χ2v) is 15.9. The molecule has 1 aliphatic rings. The second kappa shape index (κ2) is 36.7. The van der Waals surface area contributed by atoms with Gasteiger partial charge in [-0.15, -0.1) is 0 Å². The summed E-state index contributed by atoms with van der Waals surface area (Å²) in [6, 6.07) is -0.809. The fourth-order valence-electron chi connectivity index (χ4n) is 7.03. The number of nitrogens with one attached hydrogen (secondary N) is 1. The minimum absolute atomic E-state index is 0.190. The zero-order valence-corrected chi connectivity index (χ0v) is 35.2. The third kappa shape index (κ3) is 27.6. The number of hydrogen-bond acceptors (Lipinski definition) is 8. The van der Waals surface area contributed by atoms with Gasteiger partial charge in [0.05, 0.1) is 25.4 Å². The van der Waals surface area contributed by atoms with E-state index >= 15 is 0 Å². The van der Waals surface area contributed by atoms with E-state index in [9.17, 15) is 30.3 Å². The van der Waals surface area contributed by atoms with Crippen LogP contribution in [-0.2, 0) is 14.3 Å². The van der Waals surface area contributed by atoms with E-state index in [0.717, 1.165) is 57.8 Å². The fraction of sp³-hybridized carbons (Fsp3) is 0.848. The molecule has 0 aromatic rings. The molecule has 0 saturated carbocycles. The summed E-state index contributed by atoms with van der Waals surface area (Å²) >= 11 is 0. The number of aliphatic hydroxyl groups is 5. The highest BCUT2D eigenvalue weighted by Gasteiger charge is 2.44. The number of allylic oxidation sites excluding steroid dienone is 5. The first-order valence-corrected chi connectivity index (χ1v) is 22.7. The van der Waals surface area contributed by atoms with Crippen molar-refractivity contribution in [2.75, 3.05) is 13.2 Å².